The van der Waals surface area contributed by atoms with Gasteiger partial charge in [0.15, 0.2) is 17.3 Å². The minimum absolute atomic E-state index is 0.0218. The maximum absolute atomic E-state index is 13.9. The smallest absolute Gasteiger partial charge is 0.416 e. The van der Waals surface area contributed by atoms with Crippen LogP contribution in [0.2, 0.25) is 0 Å². The van der Waals surface area contributed by atoms with Crippen molar-refractivity contribution in [3.05, 3.63) is 94.2 Å². The molecule has 1 aliphatic carbocycles. The number of alkyl halides is 3. The molecule has 3 aromatic carbocycles. The van der Waals surface area contributed by atoms with Crippen molar-refractivity contribution in [1.82, 2.24) is 5.32 Å². The van der Waals surface area contributed by atoms with Gasteiger partial charge in [0.25, 0.3) is 0 Å². The van der Waals surface area contributed by atoms with Crippen molar-refractivity contribution in [2.45, 2.75) is 31.0 Å². The molecular formula is C31H26F3N3O5. The van der Waals surface area contributed by atoms with Crippen molar-refractivity contribution >= 4 is 17.5 Å². The third-order valence-corrected chi connectivity index (χ3v) is 7.48. The van der Waals surface area contributed by atoms with Gasteiger partial charge < -0.3 is 19.5 Å². The van der Waals surface area contributed by atoms with Crippen molar-refractivity contribution in [3.63, 3.8) is 0 Å². The number of nitriles is 1. The monoisotopic (exact) mass is 577 g/mol. The highest BCUT2D eigenvalue weighted by molar-refractivity contribution is 6.07. The molecule has 2 atom stereocenters. The number of nitrogens with zero attached hydrogens (tertiary/aromatic N) is 2. The van der Waals surface area contributed by atoms with E-state index in [9.17, 15) is 28.0 Å². The summed E-state index contributed by atoms with van der Waals surface area (Å²) in [7, 11) is 4.41. The zero-order chi connectivity index (χ0) is 30.2. The van der Waals surface area contributed by atoms with E-state index in [-0.39, 0.29) is 29.9 Å². The van der Waals surface area contributed by atoms with E-state index in [1.54, 1.807) is 36.4 Å². The molecule has 8 nitrogen and oxygen atoms in total. The third-order valence-electron chi connectivity index (χ3n) is 7.48. The molecule has 1 N–H and O–H groups in total. The van der Waals surface area contributed by atoms with E-state index in [1.807, 2.05) is 6.07 Å². The van der Waals surface area contributed by atoms with Crippen LogP contribution in [0.15, 0.2) is 71.9 Å². The largest absolute Gasteiger partial charge is 0.493 e. The summed E-state index contributed by atoms with van der Waals surface area (Å²) < 4.78 is 57.2. The number of ketones is 1. The topological polar surface area (TPSA) is 101 Å². The minimum Gasteiger partial charge on any atom is -0.493 e. The normalized spacial score (nSPS) is 18.6. The van der Waals surface area contributed by atoms with Gasteiger partial charge in [0, 0.05) is 17.7 Å². The number of halogens is 3. The summed E-state index contributed by atoms with van der Waals surface area (Å²) in [4.78, 5) is 28.7. The molecule has 1 heterocycles. The second-order valence-electron chi connectivity index (χ2n) is 9.85. The summed E-state index contributed by atoms with van der Waals surface area (Å²) in [6.07, 6.45) is -4.40. The van der Waals surface area contributed by atoms with Gasteiger partial charge in [-0.2, -0.15) is 18.4 Å². The zero-order valence-electron chi connectivity index (χ0n) is 22.9. The predicted molar refractivity (Wildman–Crippen MR) is 146 cm³/mol. The average Bonchev–Trinajstić information content (AvgIpc) is 2.99. The lowest BCUT2D eigenvalue weighted by Gasteiger charge is -2.41. The van der Waals surface area contributed by atoms with Crippen LogP contribution in [0.4, 0.5) is 23.7 Å². The van der Waals surface area contributed by atoms with Gasteiger partial charge in [-0.05, 0) is 65.9 Å². The van der Waals surface area contributed by atoms with Crippen LogP contribution in [-0.4, -0.2) is 33.1 Å². The Morgan fingerprint density at radius 1 is 0.905 bits per heavy atom. The van der Waals surface area contributed by atoms with Crippen molar-refractivity contribution in [2.75, 3.05) is 26.2 Å². The quantitative estimate of drug-likeness (QED) is 0.371. The Balaban J connectivity index is 1.66. The van der Waals surface area contributed by atoms with E-state index in [4.69, 9.17) is 14.2 Å². The number of rotatable bonds is 6. The number of carbonyl (C=O) groups excluding carboxylic acids is 2. The van der Waals surface area contributed by atoms with E-state index >= 15 is 0 Å². The summed E-state index contributed by atoms with van der Waals surface area (Å²) in [6, 6.07) is 14.8. The maximum Gasteiger partial charge on any atom is 0.416 e. The van der Waals surface area contributed by atoms with Gasteiger partial charge >= 0.3 is 12.2 Å². The number of methoxy groups -OCH3 is 3. The van der Waals surface area contributed by atoms with Crippen molar-refractivity contribution in [3.8, 4) is 23.3 Å². The van der Waals surface area contributed by atoms with Crippen molar-refractivity contribution < 1.29 is 37.0 Å². The molecule has 2 unspecified atom stereocenters. The Morgan fingerprint density at radius 2 is 1.57 bits per heavy atom. The number of nitrogens with one attached hydrogen (secondary N) is 1. The third kappa shape index (κ3) is 5.11. The van der Waals surface area contributed by atoms with E-state index in [2.05, 4.69) is 5.32 Å². The molecule has 0 spiro atoms. The highest BCUT2D eigenvalue weighted by Crippen LogP contribution is 2.47. The van der Waals surface area contributed by atoms with Crippen LogP contribution in [0.5, 0.6) is 17.2 Å². The highest BCUT2D eigenvalue weighted by Gasteiger charge is 2.43. The molecule has 0 fully saturated rings. The van der Waals surface area contributed by atoms with Crippen LogP contribution in [0.1, 0.15) is 47.1 Å². The molecule has 5 rings (SSSR count). The van der Waals surface area contributed by atoms with Crippen LogP contribution < -0.4 is 24.4 Å². The molecule has 0 aromatic heterocycles. The first-order valence-corrected chi connectivity index (χ1v) is 12.9. The lowest BCUT2D eigenvalue weighted by atomic mass is 9.77. The van der Waals surface area contributed by atoms with E-state index in [1.165, 1.54) is 33.5 Å². The van der Waals surface area contributed by atoms with Crippen LogP contribution in [0.3, 0.4) is 0 Å². The fourth-order valence-electron chi connectivity index (χ4n) is 5.50. The van der Waals surface area contributed by atoms with Crippen molar-refractivity contribution in [1.29, 1.82) is 5.26 Å². The Kier molecular flexibility index (Phi) is 7.56. The van der Waals surface area contributed by atoms with Gasteiger partial charge in [-0.15, -0.1) is 0 Å². The molecule has 42 heavy (non-hydrogen) atoms. The Bertz CT molecular complexity index is 1600. The van der Waals surface area contributed by atoms with E-state index in [0.29, 0.717) is 39.6 Å². The molecule has 2 aliphatic rings. The maximum atomic E-state index is 13.9. The number of ether oxygens (including phenoxy) is 3. The Labute approximate surface area is 239 Å². The molecule has 2 amide bonds. The molecule has 0 saturated heterocycles. The summed E-state index contributed by atoms with van der Waals surface area (Å²) in [5.74, 6) is 0.401. The predicted octanol–water partition coefficient (Wildman–Crippen LogP) is 6.27. The second-order valence-corrected chi connectivity index (χ2v) is 9.85. The summed E-state index contributed by atoms with van der Waals surface area (Å²) in [5.41, 5.74) is 1.27. The van der Waals surface area contributed by atoms with E-state index < -0.39 is 29.7 Å². The fraction of sp³-hybridized carbons (Fsp3) is 0.258. The SMILES string of the molecule is COc1cc(C2CC(=O)C3=C(C2)N(c2cccc(C(F)(F)F)c2)C(=O)NC3c2ccc(C#N)cc2)cc(OC)c1OC. The number of allylic oxidation sites excluding steroid dienone is 1. The molecule has 216 valence electrons. The van der Waals surface area contributed by atoms with E-state index in [0.717, 1.165) is 17.0 Å². The highest BCUT2D eigenvalue weighted by atomic mass is 19.4. The van der Waals surface area contributed by atoms with Gasteiger partial charge in [-0.1, -0.05) is 18.2 Å². The zero-order valence-corrected chi connectivity index (χ0v) is 22.9. The van der Waals surface area contributed by atoms with Crippen LogP contribution in [-0.2, 0) is 11.0 Å². The summed E-state index contributed by atoms with van der Waals surface area (Å²) >= 11 is 0. The van der Waals surface area contributed by atoms with Gasteiger partial charge in [0.1, 0.15) is 0 Å². The lowest BCUT2D eigenvalue weighted by Crippen LogP contribution is -2.50. The Hall–Kier alpha value is -4.98. The molecule has 3 aromatic rings. The number of anilines is 1. The minimum atomic E-state index is -4.63. The number of hydrogen-bond acceptors (Lipinski definition) is 6. The number of carbonyl (C=O) groups is 2. The Morgan fingerprint density at radius 3 is 2.14 bits per heavy atom. The van der Waals surface area contributed by atoms with Gasteiger partial charge in [-0.25, -0.2) is 4.79 Å². The molecule has 0 bridgehead atoms. The number of Topliss-reactive ketones (excluding diaryl/α,β-unsaturated/α-hetero) is 1. The first-order valence-electron chi connectivity index (χ1n) is 12.9. The number of benzene rings is 3. The van der Waals surface area contributed by atoms with Gasteiger partial charge in [0.2, 0.25) is 5.75 Å². The first-order chi connectivity index (χ1) is 20.1. The molecule has 0 radical (unpaired) electrons. The molecule has 0 saturated carbocycles. The standard InChI is InChI=1S/C31H26F3N3O5/c1-40-25-13-20(14-26(41-2)29(25)42-3)19-11-23-27(24(38)12-19)28(18-9-7-17(16-35)8-10-18)36-30(39)37(23)22-6-4-5-21(15-22)31(32,33)34/h4-10,13-15,19,28H,11-12H2,1-3H3,(H,36,39). The number of urea groups is 1. The van der Waals surface area contributed by atoms with Gasteiger partial charge in [0.05, 0.1) is 50.3 Å². The van der Waals surface area contributed by atoms with Crippen LogP contribution in [0.25, 0.3) is 0 Å². The number of hydrogen-bond donors (Lipinski definition) is 1. The van der Waals surface area contributed by atoms with Crippen LogP contribution in [0, 0.1) is 11.3 Å². The summed E-state index contributed by atoms with van der Waals surface area (Å²) in [5, 5.41) is 12.0. The molecule has 11 heteroatoms. The average molecular weight is 578 g/mol. The van der Waals surface area contributed by atoms with Gasteiger partial charge in [-0.3, -0.25) is 9.69 Å². The fourth-order valence-corrected chi connectivity index (χ4v) is 5.50. The summed E-state index contributed by atoms with van der Waals surface area (Å²) in [6.45, 7) is 0. The van der Waals surface area contributed by atoms with Crippen LogP contribution >= 0.6 is 0 Å². The lowest BCUT2D eigenvalue weighted by molar-refractivity contribution is -0.137. The van der Waals surface area contributed by atoms with Crippen molar-refractivity contribution in [2.24, 2.45) is 0 Å². The molecular weight excluding hydrogens is 551 g/mol. The second kappa shape index (κ2) is 11.1. The molecule has 1 aliphatic heterocycles. The first kappa shape index (κ1) is 28.5. The number of amides is 2.